The second-order valence-corrected chi connectivity index (χ2v) is 4.19. The summed E-state index contributed by atoms with van der Waals surface area (Å²) in [7, 11) is 1.12. The Morgan fingerprint density at radius 1 is 1.05 bits per heavy atom. The first-order valence-electron chi connectivity index (χ1n) is 5.85. The lowest BCUT2D eigenvalue weighted by Crippen LogP contribution is -2.04. The van der Waals surface area contributed by atoms with Crippen molar-refractivity contribution >= 4 is 11.9 Å². The van der Waals surface area contributed by atoms with E-state index in [1.54, 1.807) is 0 Å². The van der Waals surface area contributed by atoms with E-state index in [0.717, 1.165) is 37.4 Å². The first-order valence-corrected chi connectivity index (χ1v) is 5.85. The highest BCUT2D eigenvalue weighted by Gasteiger charge is 2.15. The molecule has 108 valence electrons. The third-order valence-corrected chi connectivity index (χ3v) is 2.90. The van der Waals surface area contributed by atoms with Crippen molar-refractivity contribution in [3.63, 3.8) is 0 Å². The van der Waals surface area contributed by atoms with Crippen molar-refractivity contribution in [1.82, 2.24) is 0 Å². The van der Waals surface area contributed by atoms with E-state index in [2.05, 4.69) is 4.74 Å². The van der Waals surface area contributed by atoms with Gasteiger partial charge in [0.2, 0.25) is 0 Å². The van der Waals surface area contributed by atoms with Gasteiger partial charge in [0.15, 0.2) is 0 Å². The monoisotopic (exact) mass is 292 g/mol. The molecule has 0 saturated carbocycles. The molecular formula is C15H10F2O4. The number of carbonyl (C=O) groups is 2. The van der Waals surface area contributed by atoms with Gasteiger partial charge in [-0.2, -0.15) is 0 Å². The molecule has 0 aromatic heterocycles. The van der Waals surface area contributed by atoms with Crippen LogP contribution < -0.4 is 0 Å². The first kappa shape index (κ1) is 14.6. The maximum Gasteiger partial charge on any atom is 0.340 e. The summed E-state index contributed by atoms with van der Waals surface area (Å²) in [6.07, 6.45) is 0. The molecule has 0 spiro atoms. The standard InChI is InChI=1S/C15H10F2O4/c1-21-15(20)10-4-2-8(7-13(10)17)11-6-9(14(18)19)3-5-12(11)16/h2-7H,1H3,(H,18,19). The fourth-order valence-corrected chi connectivity index (χ4v) is 1.84. The second-order valence-electron chi connectivity index (χ2n) is 4.19. The first-order chi connectivity index (χ1) is 9.93. The third kappa shape index (κ3) is 2.89. The summed E-state index contributed by atoms with van der Waals surface area (Å²) in [6.45, 7) is 0. The van der Waals surface area contributed by atoms with Crippen molar-refractivity contribution in [3.8, 4) is 11.1 Å². The van der Waals surface area contributed by atoms with Gasteiger partial charge >= 0.3 is 11.9 Å². The van der Waals surface area contributed by atoms with Crippen LogP contribution >= 0.6 is 0 Å². The summed E-state index contributed by atoms with van der Waals surface area (Å²) in [5, 5.41) is 8.89. The van der Waals surface area contributed by atoms with E-state index in [1.807, 2.05) is 0 Å². The van der Waals surface area contributed by atoms with Crippen molar-refractivity contribution in [2.24, 2.45) is 0 Å². The number of carbonyl (C=O) groups excluding carboxylic acids is 1. The predicted octanol–water partition coefficient (Wildman–Crippen LogP) is 3.12. The number of ether oxygens (including phenoxy) is 1. The van der Waals surface area contributed by atoms with Gasteiger partial charge in [-0.05, 0) is 35.9 Å². The van der Waals surface area contributed by atoms with Gasteiger partial charge in [-0.3, -0.25) is 0 Å². The number of methoxy groups -OCH3 is 1. The van der Waals surface area contributed by atoms with Crippen molar-refractivity contribution in [3.05, 3.63) is 59.2 Å². The zero-order valence-electron chi connectivity index (χ0n) is 10.9. The average molecular weight is 292 g/mol. The van der Waals surface area contributed by atoms with Crippen LogP contribution in [0, 0.1) is 11.6 Å². The number of esters is 1. The molecule has 2 aromatic rings. The van der Waals surface area contributed by atoms with Crippen LogP contribution in [-0.2, 0) is 4.74 Å². The summed E-state index contributed by atoms with van der Waals surface area (Å²) < 4.78 is 32.0. The molecule has 6 heteroatoms. The van der Waals surface area contributed by atoms with Crippen LogP contribution in [0.25, 0.3) is 11.1 Å². The molecule has 0 aliphatic carbocycles. The summed E-state index contributed by atoms with van der Waals surface area (Å²) in [4.78, 5) is 22.2. The molecule has 1 N–H and O–H groups in total. The Bertz CT molecular complexity index is 726. The van der Waals surface area contributed by atoms with E-state index >= 15 is 0 Å². The van der Waals surface area contributed by atoms with Crippen LogP contribution in [0.4, 0.5) is 8.78 Å². The largest absolute Gasteiger partial charge is 0.478 e. The number of carboxylic acid groups (broad SMARTS) is 1. The van der Waals surface area contributed by atoms with Crippen LogP contribution in [0.3, 0.4) is 0 Å². The lowest BCUT2D eigenvalue weighted by molar-refractivity contribution is 0.0594. The highest BCUT2D eigenvalue weighted by Crippen LogP contribution is 2.26. The predicted molar refractivity (Wildman–Crippen MR) is 70.1 cm³/mol. The lowest BCUT2D eigenvalue weighted by atomic mass is 10.0. The van der Waals surface area contributed by atoms with E-state index in [-0.39, 0.29) is 22.3 Å². The van der Waals surface area contributed by atoms with Crippen molar-refractivity contribution < 1.29 is 28.2 Å². The van der Waals surface area contributed by atoms with Gasteiger partial charge in [-0.1, -0.05) is 6.07 Å². The Labute approximate surface area is 118 Å². The van der Waals surface area contributed by atoms with Crippen LogP contribution in [0.2, 0.25) is 0 Å². The van der Waals surface area contributed by atoms with Crippen LogP contribution in [0.15, 0.2) is 36.4 Å². The number of carboxylic acids is 1. The smallest absolute Gasteiger partial charge is 0.340 e. The fourth-order valence-electron chi connectivity index (χ4n) is 1.84. The fraction of sp³-hybridized carbons (Fsp3) is 0.0667. The van der Waals surface area contributed by atoms with Gasteiger partial charge in [-0.15, -0.1) is 0 Å². The molecule has 0 aliphatic rings. The molecule has 0 radical (unpaired) electrons. The molecule has 4 nitrogen and oxygen atoms in total. The van der Waals surface area contributed by atoms with Crippen molar-refractivity contribution in [1.29, 1.82) is 0 Å². The summed E-state index contributed by atoms with van der Waals surface area (Å²) in [5.41, 5.74) is -0.342. The molecule has 0 amide bonds. The van der Waals surface area contributed by atoms with Gasteiger partial charge in [-0.25, -0.2) is 18.4 Å². The maximum atomic E-state index is 13.8. The molecule has 0 atom stereocenters. The number of aromatic carboxylic acids is 1. The molecule has 21 heavy (non-hydrogen) atoms. The number of benzene rings is 2. The number of halogens is 2. The topological polar surface area (TPSA) is 63.6 Å². The number of rotatable bonds is 3. The quantitative estimate of drug-likeness (QED) is 0.883. The Morgan fingerprint density at radius 2 is 1.76 bits per heavy atom. The second kappa shape index (κ2) is 5.70. The number of hydrogen-bond donors (Lipinski definition) is 1. The molecule has 0 heterocycles. The van der Waals surface area contributed by atoms with Crippen LogP contribution in [-0.4, -0.2) is 24.2 Å². The van der Waals surface area contributed by atoms with Gasteiger partial charge in [0.1, 0.15) is 11.6 Å². The van der Waals surface area contributed by atoms with Crippen molar-refractivity contribution in [2.45, 2.75) is 0 Å². The SMILES string of the molecule is COC(=O)c1ccc(-c2cc(C(=O)O)ccc2F)cc1F. The molecule has 0 aliphatic heterocycles. The average Bonchev–Trinajstić information content (AvgIpc) is 2.46. The Kier molecular flexibility index (Phi) is 3.98. The van der Waals surface area contributed by atoms with Gasteiger partial charge in [0.05, 0.1) is 18.2 Å². The van der Waals surface area contributed by atoms with Crippen LogP contribution in [0.1, 0.15) is 20.7 Å². The zero-order valence-corrected chi connectivity index (χ0v) is 10.9. The normalized spacial score (nSPS) is 10.2. The van der Waals surface area contributed by atoms with Gasteiger partial charge in [0.25, 0.3) is 0 Å². The minimum Gasteiger partial charge on any atom is -0.478 e. The summed E-state index contributed by atoms with van der Waals surface area (Å²) in [6, 6.07) is 6.63. The zero-order chi connectivity index (χ0) is 15.6. The molecule has 2 rings (SSSR count). The minimum atomic E-state index is -1.22. The highest BCUT2D eigenvalue weighted by molar-refractivity contribution is 5.91. The molecule has 0 unspecified atom stereocenters. The Morgan fingerprint density at radius 3 is 2.33 bits per heavy atom. The lowest BCUT2D eigenvalue weighted by Gasteiger charge is -2.07. The maximum absolute atomic E-state index is 13.8. The van der Waals surface area contributed by atoms with Gasteiger partial charge in [0, 0.05) is 5.56 Å². The molecule has 0 bridgehead atoms. The molecule has 2 aromatic carbocycles. The van der Waals surface area contributed by atoms with E-state index in [4.69, 9.17) is 5.11 Å². The summed E-state index contributed by atoms with van der Waals surface area (Å²) >= 11 is 0. The van der Waals surface area contributed by atoms with E-state index < -0.39 is 23.6 Å². The van der Waals surface area contributed by atoms with E-state index in [9.17, 15) is 18.4 Å². The minimum absolute atomic E-state index is 0.0646. The van der Waals surface area contributed by atoms with Gasteiger partial charge < -0.3 is 9.84 Å². The Balaban J connectivity index is 2.52. The van der Waals surface area contributed by atoms with E-state index in [1.165, 1.54) is 6.07 Å². The number of hydrogen-bond acceptors (Lipinski definition) is 3. The Hall–Kier alpha value is -2.76. The molecule has 0 fully saturated rings. The third-order valence-electron chi connectivity index (χ3n) is 2.90. The molecular weight excluding hydrogens is 282 g/mol. The van der Waals surface area contributed by atoms with Crippen molar-refractivity contribution in [2.75, 3.05) is 7.11 Å². The summed E-state index contributed by atoms with van der Waals surface area (Å²) in [5.74, 6) is -3.63. The van der Waals surface area contributed by atoms with E-state index in [0.29, 0.717) is 0 Å². The van der Waals surface area contributed by atoms with Crippen LogP contribution in [0.5, 0.6) is 0 Å². The highest BCUT2D eigenvalue weighted by atomic mass is 19.1. The molecule has 0 saturated heterocycles.